The number of allylic oxidation sites excluding steroid dienone is 1. The maximum Gasteiger partial charge on any atom is 0.163 e. The molecule has 0 saturated carbocycles. The molecule has 5 heteroatoms. The first-order valence-corrected chi connectivity index (χ1v) is 6.77. The molecule has 0 aliphatic carbocycles. The van der Waals surface area contributed by atoms with Crippen LogP contribution in [0.5, 0.6) is 0 Å². The SMILES string of the molecule is CC(=O)C(=Cc1ccc(-c2ccc(NO)cc2C)o1)C(C)=O. The monoisotopic (exact) mass is 299 g/mol. The summed E-state index contributed by atoms with van der Waals surface area (Å²) >= 11 is 0. The van der Waals surface area contributed by atoms with E-state index in [1.165, 1.54) is 19.9 Å². The summed E-state index contributed by atoms with van der Waals surface area (Å²) in [5, 5.41) is 8.89. The second-order valence-electron chi connectivity index (χ2n) is 5.01. The number of nitrogens with one attached hydrogen (secondary N) is 1. The number of hydrogen-bond acceptors (Lipinski definition) is 5. The lowest BCUT2D eigenvalue weighted by molar-refractivity contribution is -0.119. The zero-order chi connectivity index (χ0) is 16.3. The maximum absolute atomic E-state index is 11.4. The summed E-state index contributed by atoms with van der Waals surface area (Å²) in [6, 6.07) is 8.80. The van der Waals surface area contributed by atoms with Gasteiger partial charge in [-0.2, -0.15) is 0 Å². The van der Waals surface area contributed by atoms with Gasteiger partial charge in [-0.15, -0.1) is 0 Å². The van der Waals surface area contributed by atoms with Gasteiger partial charge in [-0.3, -0.25) is 20.3 Å². The van der Waals surface area contributed by atoms with Gasteiger partial charge in [0.05, 0.1) is 11.3 Å². The summed E-state index contributed by atoms with van der Waals surface area (Å²) in [6.07, 6.45) is 1.45. The fourth-order valence-corrected chi connectivity index (χ4v) is 2.18. The normalized spacial score (nSPS) is 10.2. The Morgan fingerprint density at radius 1 is 1.14 bits per heavy atom. The Morgan fingerprint density at radius 3 is 2.36 bits per heavy atom. The molecule has 0 spiro atoms. The molecule has 2 aromatic rings. The molecule has 0 radical (unpaired) electrons. The number of carbonyl (C=O) groups is 2. The molecule has 2 rings (SSSR count). The van der Waals surface area contributed by atoms with Crippen LogP contribution in [-0.4, -0.2) is 16.8 Å². The van der Waals surface area contributed by atoms with Gasteiger partial charge in [0.25, 0.3) is 0 Å². The van der Waals surface area contributed by atoms with Crippen molar-refractivity contribution in [2.75, 3.05) is 5.48 Å². The Labute approximate surface area is 128 Å². The van der Waals surface area contributed by atoms with Crippen molar-refractivity contribution in [3.05, 3.63) is 47.2 Å². The summed E-state index contributed by atoms with van der Waals surface area (Å²) in [7, 11) is 0. The lowest BCUT2D eigenvalue weighted by atomic mass is 10.1. The second-order valence-corrected chi connectivity index (χ2v) is 5.01. The van der Waals surface area contributed by atoms with Crippen LogP contribution in [0, 0.1) is 6.92 Å². The number of benzene rings is 1. The highest BCUT2D eigenvalue weighted by molar-refractivity contribution is 6.21. The first-order chi connectivity index (χ1) is 10.4. The molecular weight excluding hydrogens is 282 g/mol. The molecule has 1 aromatic heterocycles. The molecule has 1 heterocycles. The van der Waals surface area contributed by atoms with E-state index in [9.17, 15) is 9.59 Å². The molecule has 0 amide bonds. The fraction of sp³-hybridized carbons (Fsp3) is 0.176. The number of Topliss-reactive ketones (excluding diaryl/α,β-unsaturated/α-hetero) is 2. The maximum atomic E-state index is 11.4. The molecule has 5 nitrogen and oxygen atoms in total. The van der Waals surface area contributed by atoms with Crippen LogP contribution in [0.25, 0.3) is 17.4 Å². The van der Waals surface area contributed by atoms with Gasteiger partial charge in [-0.25, -0.2) is 0 Å². The highest BCUT2D eigenvalue weighted by atomic mass is 16.5. The van der Waals surface area contributed by atoms with E-state index in [2.05, 4.69) is 5.48 Å². The number of aryl methyl sites for hydroxylation is 1. The Bertz CT molecular complexity index is 740. The Hall–Kier alpha value is -2.66. The van der Waals surface area contributed by atoms with Crippen molar-refractivity contribution in [1.82, 2.24) is 0 Å². The quantitative estimate of drug-likeness (QED) is 0.381. The lowest BCUT2D eigenvalue weighted by Crippen LogP contribution is -2.05. The number of furan rings is 1. The second kappa shape index (κ2) is 6.41. The third-order valence-electron chi connectivity index (χ3n) is 3.29. The third-order valence-corrected chi connectivity index (χ3v) is 3.29. The first kappa shape index (κ1) is 15.7. The number of rotatable bonds is 5. The van der Waals surface area contributed by atoms with Crippen LogP contribution in [0.3, 0.4) is 0 Å². The van der Waals surface area contributed by atoms with E-state index in [0.717, 1.165) is 11.1 Å². The highest BCUT2D eigenvalue weighted by Gasteiger charge is 2.12. The van der Waals surface area contributed by atoms with Crippen molar-refractivity contribution in [2.24, 2.45) is 0 Å². The van der Waals surface area contributed by atoms with E-state index in [-0.39, 0.29) is 17.1 Å². The average molecular weight is 299 g/mol. The smallest absolute Gasteiger partial charge is 0.163 e. The lowest BCUT2D eigenvalue weighted by Gasteiger charge is -2.05. The summed E-state index contributed by atoms with van der Waals surface area (Å²) in [6.45, 7) is 4.59. The van der Waals surface area contributed by atoms with E-state index >= 15 is 0 Å². The molecule has 22 heavy (non-hydrogen) atoms. The molecule has 0 fully saturated rings. The Kier molecular flexibility index (Phi) is 4.58. The van der Waals surface area contributed by atoms with Crippen LogP contribution < -0.4 is 5.48 Å². The van der Waals surface area contributed by atoms with E-state index in [1.807, 2.05) is 13.0 Å². The van der Waals surface area contributed by atoms with Crippen molar-refractivity contribution < 1.29 is 19.2 Å². The number of carbonyl (C=O) groups excluding carboxylic acids is 2. The van der Waals surface area contributed by atoms with Crippen molar-refractivity contribution in [3.63, 3.8) is 0 Å². The van der Waals surface area contributed by atoms with E-state index in [0.29, 0.717) is 17.2 Å². The minimum atomic E-state index is -0.292. The molecule has 0 aliphatic heterocycles. The molecular formula is C17H17NO4. The average Bonchev–Trinajstić information content (AvgIpc) is 2.92. The topological polar surface area (TPSA) is 79.5 Å². The van der Waals surface area contributed by atoms with Gasteiger partial charge in [-0.05, 0) is 62.7 Å². The number of hydrogen-bond donors (Lipinski definition) is 2. The van der Waals surface area contributed by atoms with Gasteiger partial charge in [0, 0.05) is 5.56 Å². The van der Waals surface area contributed by atoms with Gasteiger partial charge < -0.3 is 4.42 Å². The molecule has 114 valence electrons. The van der Waals surface area contributed by atoms with Crippen LogP contribution >= 0.6 is 0 Å². The van der Waals surface area contributed by atoms with Gasteiger partial charge in [-0.1, -0.05) is 0 Å². The minimum absolute atomic E-state index is 0.109. The van der Waals surface area contributed by atoms with Gasteiger partial charge >= 0.3 is 0 Å². The van der Waals surface area contributed by atoms with Crippen molar-refractivity contribution in [3.8, 4) is 11.3 Å². The third kappa shape index (κ3) is 3.32. The highest BCUT2D eigenvalue weighted by Crippen LogP contribution is 2.28. The summed E-state index contributed by atoms with van der Waals surface area (Å²) in [5.74, 6) is 0.485. The number of anilines is 1. The van der Waals surface area contributed by atoms with Crippen LogP contribution in [-0.2, 0) is 9.59 Å². The van der Waals surface area contributed by atoms with E-state index in [4.69, 9.17) is 9.62 Å². The van der Waals surface area contributed by atoms with Crippen molar-refractivity contribution in [2.45, 2.75) is 20.8 Å². The zero-order valence-corrected chi connectivity index (χ0v) is 12.6. The molecule has 0 unspecified atom stereocenters. The van der Waals surface area contributed by atoms with Crippen LogP contribution in [0.2, 0.25) is 0 Å². The van der Waals surface area contributed by atoms with Gasteiger partial charge in [0.15, 0.2) is 11.6 Å². The molecule has 0 aliphatic rings. The summed E-state index contributed by atoms with van der Waals surface area (Å²) < 4.78 is 5.69. The molecule has 0 bridgehead atoms. The number of ketones is 2. The Balaban J connectivity index is 2.38. The molecule has 0 atom stereocenters. The predicted molar refractivity (Wildman–Crippen MR) is 83.6 cm³/mol. The fourth-order valence-electron chi connectivity index (χ4n) is 2.18. The van der Waals surface area contributed by atoms with Crippen LogP contribution in [0.4, 0.5) is 5.69 Å². The van der Waals surface area contributed by atoms with Crippen LogP contribution in [0.15, 0.2) is 40.3 Å². The van der Waals surface area contributed by atoms with E-state index < -0.39 is 0 Å². The largest absolute Gasteiger partial charge is 0.457 e. The molecule has 1 aromatic carbocycles. The minimum Gasteiger partial charge on any atom is -0.457 e. The Morgan fingerprint density at radius 2 is 1.82 bits per heavy atom. The first-order valence-electron chi connectivity index (χ1n) is 6.77. The summed E-state index contributed by atoms with van der Waals surface area (Å²) in [4.78, 5) is 22.9. The summed E-state index contributed by atoms with van der Waals surface area (Å²) in [5.41, 5.74) is 4.57. The molecule has 2 N–H and O–H groups in total. The predicted octanol–water partition coefficient (Wildman–Crippen LogP) is 3.62. The van der Waals surface area contributed by atoms with E-state index in [1.54, 1.807) is 24.3 Å². The van der Waals surface area contributed by atoms with Gasteiger partial charge in [0.1, 0.15) is 11.5 Å². The van der Waals surface area contributed by atoms with Gasteiger partial charge in [0.2, 0.25) is 0 Å². The van der Waals surface area contributed by atoms with Crippen LogP contribution in [0.1, 0.15) is 25.2 Å². The van der Waals surface area contributed by atoms with Crippen molar-refractivity contribution >= 4 is 23.3 Å². The standard InChI is InChI=1S/C17H17NO4/c1-10-8-13(18-21)4-6-15(10)17-7-5-14(22-17)9-16(11(2)19)12(3)20/h4-9,18,21H,1-3H3. The van der Waals surface area contributed by atoms with Crippen molar-refractivity contribution in [1.29, 1.82) is 0 Å². The zero-order valence-electron chi connectivity index (χ0n) is 12.6. The molecule has 0 saturated heterocycles.